The lowest BCUT2D eigenvalue weighted by Gasteiger charge is -2.07. The van der Waals surface area contributed by atoms with Gasteiger partial charge in [0.15, 0.2) is 0 Å². The van der Waals surface area contributed by atoms with Crippen molar-refractivity contribution in [3.8, 4) is 0 Å². The molecule has 2 N–H and O–H groups in total. The second-order valence-electron chi connectivity index (χ2n) is 3.86. The van der Waals surface area contributed by atoms with Gasteiger partial charge in [-0.2, -0.15) is 0 Å². The number of hydrogen-bond acceptors (Lipinski definition) is 2. The van der Waals surface area contributed by atoms with E-state index in [-0.39, 0.29) is 17.1 Å². The van der Waals surface area contributed by atoms with Crippen molar-refractivity contribution in [2.45, 2.75) is 20.4 Å². The molecule has 0 aliphatic carbocycles. The van der Waals surface area contributed by atoms with E-state index in [1.165, 1.54) is 13.8 Å². The number of amides is 1. The van der Waals surface area contributed by atoms with E-state index < -0.39 is 5.97 Å². The van der Waals surface area contributed by atoms with Gasteiger partial charge in [-0.3, -0.25) is 4.79 Å². The Labute approximate surface area is 110 Å². The van der Waals surface area contributed by atoms with E-state index in [2.05, 4.69) is 5.32 Å². The molecule has 0 saturated heterocycles. The molecule has 96 valence electrons. The average molecular weight is 268 g/mol. The highest BCUT2D eigenvalue weighted by atomic mass is 35.5. The van der Waals surface area contributed by atoms with Crippen LogP contribution >= 0.6 is 11.6 Å². The maximum absolute atomic E-state index is 11.7. The summed E-state index contributed by atoms with van der Waals surface area (Å²) >= 11 is 5.74. The van der Waals surface area contributed by atoms with E-state index >= 15 is 0 Å². The van der Waals surface area contributed by atoms with Gasteiger partial charge in [-0.15, -0.1) is 0 Å². The Hall–Kier alpha value is -1.81. The number of nitrogens with one attached hydrogen (secondary N) is 1. The van der Waals surface area contributed by atoms with Crippen molar-refractivity contribution >= 4 is 23.5 Å². The van der Waals surface area contributed by atoms with Gasteiger partial charge in [0, 0.05) is 22.7 Å². The summed E-state index contributed by atoms with van der Waals surface area (Å²) < 4.78 is 0. The molecule has 1 rings (SSSR count). The molecule has 1 amide bonds. The number of hydrogen-bond donors (Lipinski definition) is 2. The molecule has 0 fully saturated rings. The van der Waals surface area contributed by atoms with Crippen LogP contribution in [0.25, 0.3) is 0 Å². The van der Waals surface area contributed by atoms with Crippen LogP contribution in [0.4, 0.5) is 0 Å². The van der Waals surface area contributed by atoms with Crippen molar-refractivity contribution < 1.29 is 14.7 Å². The first-order valence-electron chi connectivity index (χ1n) is 5.35. The first kappa shape index (κ1) is 14.3. The highest BCUT2D eigenvalue weighted by Crippen LogP contribution is 2.09. The standard InChI is InChI=1S/C13H14ClNO3/c1-8(9(2)13(17)18)12(16)15-7-10-3-5-11(14)6-4-10/h3-6H,7H2,1-2H3,(H,15,16)(H,17,18). The van der Waals surface area contributed by atoms with Crippen molar-refractivity contribution in [3.05, 3.63) is 46.0 Å². The largest absolute Gasteiger partial charge is 0.478 e. The van der Waals surface area contributed by atoms with E-state index in [1.807, 2.05) is 0 Å². The molecule has 1 aromatic rings. The number of rotatable bonds is 4. The highest BCUT2D eigenvalue weighted by molar-refractivity contribution is 6.30. The van der Waals surface area contributed by atoms with E-state index in [4.69, 9.17) is 16.7 Å². The van der Waals surface area contributed by atoms with Crippen LogP contribution < -0.4 is 5.32 Å². The van der Waals surface area contributed by atoms with Crippen molar-refractivity contribution in [3.63, 3.8) is 0 Å². The Morgan fingerprint density at radius 3 is 2.22 bits per heavy atom. The molecule has 4 nitrogen and oxygen atoms in total. The lowest BCUT2D eigenvalue weighted by molar-refractivity contribution is -0.133. The van der Waals surface area contributed by atoms with Crippen LogP contribution in [0.5, 0.6) is 0 Å². The zero-order chi connectivity index (χ0) is 13.7. The normalized spacial score (nSPS) is 11.7. The maximum atomic E-state index is 11.7. The van der Waals surface area contributed by atoms with Gasteiger partial charge >= 0.3 is 5.97 Å². The van der Waals surface area contributed by atoms with Gasteiger partial charge in [-0.1, -0.05) is 23.7 Å². The van der Waals surface area contributed by atoms with Crippen molar-refractivity contribution in [1.82, 2.24) is 5.32 Å². The third kappa shape index (κ3) is 3.89. The number of benzene rings is 1. The van der Waals surface area contributed by atoms with Gasteiger partial charge in [0.2, 0.25) is 5.91 Å². The van der Waals surface area contributed by atoms with Crippen LogP contribution in [0, 0.1) is 0 Å². The highest BCUT2D eigenvalue weighted by Gasteiger charge is 2.11. The third-order valence-corrected chi connectivity index (χ3v) is 2.84. The van der Waals surface area contributed by atoms with Crippen LogP contribution in [-0.4, -0.2) is 17.0 Å². The molecule has 0 spiro atoms. The molecule has 0 aliphatic rings. The molecule has 5 heteroatoms. The minimum absolute atomic E-state index is 0.0450. The predicted octanol–water partition coefficient (Wildman–Crippen LogP) is 2.38. The quantitative estimate of drug-likeness (QED) is 0.823. The van der Waals surface area contributed by atoms with E-state index in [0.29, 0.717) is 11.6 Å². The fourth-order valence-corrected chi connectivity index (χ4v) is 1.37. The molecule has 0 aliphatic heterocycles. The summed E-state index contributed by atoms with van der Waals surface area (Å²) in [6, 6.07) is 7.06. The van der Waals surface area contributed by atoms with Gasteiger partial charge in [0.1, 0.15) is 0 Å². The summed E-state index contributed by atoms with van der Waals surface area (Å²) in [4.78, 5) is 22.4. The zero-order valence-electron chi connectivity index (χ0n) is 10.2. The van der Waals surface area contributed by atoms with Gasteiger partial charge in [0.05, 0.1) is 0 Å². The van der Waals surface area contributed by atoms with E-state index in [1.54, 1.807) is 24.3 Å². The SMILES string of the molecule is CC(C(=O)O)=C(C)C(=O)NCc1ccc(Cl)cc1. The third-order valence-electron chi connectivity index (χ3n) is 2.59. The molecule has 0 bridgehead atoms. The van der Waals surface area contributed by atoms with E-state index in [9.17, 15) is 9.59 Å². The lowest BCUT2D eigenvalue weighted by atomic mass is 10.1. The molecule has 18 heavy (non-hydrogen) atoms. The summed E-state index contributed by atoms with van der Waals surface area (Å²) in [6.07, 6.45) is 0. The fourth-order valence-electron chi connectivity index (χ4n) is 1.25. The molecular weight excluding hydrogens is 254 g/mol. The molecule has 0 radical (unpaired) electrons. The zero-order valence-corrected chi connectivity index (χ0v) is 10.9. The summed E-state index contributed by atoms with van der Waals surface area (Å²) in [5.74, 6) is -1.47. The van der Waals surface area contributed by atoms with Gasteiger partial charge < -0.3 is 10.4 Å². The fraction of sp³-hybridized carbons (Fsp3) is 0.231. The summed E-state index contributed by atoms with van der Waals surface area (Å²) in [5.41, 5.74) is 1.15. The lowest BCUT2D eigenvalue weighted by Crippen LogP contribution is -2.25. The number of carbonyl (C=O) groups is 2. The van der Waals surface area contributed by atoms with Crippen LogP contribution in [0.15, 0.2) is 35.4 Å². The number of carboxylic acid groups (broad SMARTS) is 1. The topological polar surface area (TPSA) is 66.4 Å². The summed E-state index contributed by atoms with van der Waals surface area (Å²) in [5, 5.41) is 12.0. The number of carboxylic acids is 1. The number of aliphatic carboxylic acids is 1. The monoisotopic (exact) mass is 267 g/mol. The number of carbonyl (C=O) groups excluding carboxylic acids is 1. The molecular formula is C13H14ClNO3. The van der Waals surface area contributed by atoms with Crippen LogP contribution in [0.2, 0.25) is 5.02 Å². The molecule has 0 heterocycles. The Bertz CT molecular complexity index is 491. The van der Waals surface area contributed by atoms with Crippen molar-refractivity contribution in [2.24, 2.45) is 0 Å². The number of halogens is 1. The summed E-state index contributed by atoms with van der Waals surface area (Å²) in [7, 11) is 0. The van der Waals surface area contributed by atoms with Gasteiger partial charge in [0.25, 0.3) is 0 Å². The molecule has 0 aromatic heterocycles. The second kappa shape index (κ2) is 6.21. The first-order chi connectivity index (χ1) is 8.41. The molecule has 1 aromatic carbocycles. The Balaban J connectivity index is 2.64. The van der Waals surface area contributed by atoms with Gasteiger partial charge in [-0.25, -0.2) is 4.79 Å². The van der Waals surface area contributed by atoms with E-state index in [0.717, 1.165) is 5.56 Å². The molecule has 0 saturated carbocycles. The van der Waals surface area contributed by atoms with Crippen LogP contribution in [0.1, 0.15) is 19.4 Å². The predicted molar refractivity (Wildman–Crippen MR) is 69.3 cm³/mol. The summed E-state index contributed by atoms with van der Waals surface area (Å²) in [6.45, 7) is 3.22. The molecule has 0 unspecified atom stereocenters. The first-order valence-corrected chi connectivity index (χ1v) is 5.73. The Kier molecular flexibility index (Phi) is 4.92. The van der Waals surface area contributed by atoms with Crippen LogP contribution in [-0.2, 0) is 16.1 Å². The van der Waals surface area contributed by atoms with Crippen LogP contribution in [0.3, 0.4) is 0 Å². The maximum Gasteiger partial charge on any atom is 0.331 e. The van der Waals surface area contributed by atoms with Crippen molar-refractivity contribution in [2.75, 3.05) is 0 Å². The smallest absolute Gasteiger partial charge is 0.331 e. The molecule has 0 atom stereocenters. The van der Waals surface area contributed by atoms with Crippen molar-refractivity contribution in [1.29, 1.82) is 0 Å². The van der Waals surface area contributed by atoms with Gasteiger partial charge in [-0.05, 0) is 31.5 Å². The second-order valence-corrected chi connectivity index (χ2v) is 4.30. The minimum atomic E-state index is -1.09. The average Bonchev–Trinajstić information content (AvgIpc) is 2.35. The Morgan fingerprint density at radius 1 is 1.17 bits per heavy atom. The Morgan fingerprint density at radius 2 is 1.72 bits per heavy atom. The minimum Gasteiger partial charge on any atom is -0.478 e.